The van der Waals surface area contributed by atoms with Gasteiger partial charge in [-0.25, -0.2) is 0 Å². The summed E-state index contributed by atoms with van der Waals surface area (Å²) in [6.07, 6.45) is 4.87. The van der Waals surface area contributed by atoms with Crippen LogP contribution in [0.5, 0.6) is 5.75 Å². The van der Waals surface area contributed by atoms with E-state index in [0.29, 0.717) is 23.7 Å². The van der Waals surface area contributed by atoms with Crippen molar-refractivity contribution in [2.45, 2.75) is 6.42 Å². The minimum Gasteiger partial charge on any atom is -0.508 e. The summed E-state index contributed by atoms with van der Waals surface area (Å²) in [5.74, 6) is -0.0782. The Morgan fingerprint density at radius 3 is 2.88 bits per heavy atom. The lowest BCUT2D eigenvalue weighted by atomic mass is 10.1. The maximum Gasteiger partial charge on any atom is 0.255 e. The van der Waals surface area contributed by atoms with Gasteiger partial charge in [0.05, 0.1) is 10.6 Å². The van der Waals surface area contributed by atoms with Crippen molar-refractivity contribution < 1.29 is 9.90 Å². The highest BCUT2D eigenvalue weighted by Gasteiger charge is 2.18. The molecular weight excluding hydrogens is 226 g/mol. The zero-order valence-corrected chi connectivity index (χ0v) is 9.44. The molecule has 0 bridgehead atoms. The topological polar surface area (TPSA) is 40.5 Å². The van der Waals surface area contributed by atoms with Gasteiger partial charge in [0, 0.05) is 13.1 Å². The van der Waals surface area contributed by atoms with Crippen LogP contribution in [-0.2, 0) is 0 Å². The van der Waals surface area contributed by atoms with E-state index in [2.05, 4.69) is 0 Å². The molecule has 0 saturated heterocycles. The number of amides is 1. The Morgan fingerprint density at radius 1 is 1.38 bits per heavy atom. The number of carbonyl (C=O) groups excluding carboxylic acids is 1. The molecule has 3 nitrogen and oxygen atoms in total. The Kier molecular flexibility index (Phi) is 3.15. The Morgan fingerprint density at radius 2 is 2.19 bits per heavy atom. The molecule has 84 valence electrons. The summed E-state index contributed by atoms with van der Waals surface area (Å²) in [5.41, 5.74) is 0.358. The van der Waals surface area contributed by atoms with Crippen LogP contribution in [0.1, 0.15) is 16.8 Å². The van der Waals surface area contributed by atoms with Crippen molar-refractivity contribution in [3.63, 3.8) is 0 Å². The lowest BCUT2D eigenvalue weighted by Gasteiger charge is -2.23. The fraction of sp³-hybridized carbons (Fsp3) is 0.250. The van der Waals surface area contributed by atoms with E-state index in [1.165, 1.54) is 18.2 Å². The molecular formula is C12H12ClNO2. The summed E-state index contributed by atoms with van der Waals surface area (Å²) >= 11 is 5.93. The summed E-state index contributed by atoms with van der Waals surface area (Å²) in [4.78, 5) is 13.8. The van der Waals surface area contributed by atoms with Gasteiger partial charge in [-0.2, -0.15) is 0 Å². The number of rotatable bonds is 1. The van der Waals surface area contributed by atoms with Gasteiger partial charge in [-0.1, -0.05) is 23.8 Å². The highest BCUT2D eigenvalue weighted by Crippen LogP contribution is 2.23. The standard InChI is InChI=1S/C12H12ClNO2/c13-11-5-4-9(15)8-10(11)12(16)14-6-2-1-3-7-14/h1-2,4-5,8,15H,3,6-7H2. The average Bonchev–Trinajstić information content (AvgIpc) is 2.32. The van der Waals surface area contributed by atoms with Crippen LogP contribution in [0.2, 0.25) is 5.02 Å². The summed E-state index contributed by atoms with van der Waals surface area (Å²) in [5, 5.41) is 9.71. The first kappa shape index (κ1) is 11.0. The van der Waals surface area contributed by atoms with Gasteiger partial charge in [0.2, 0.25) is 0 Å². The molecule has 2 rings (SSSR count). The molecule has 0 radical (unpaired) electrons. The molecule has 1 amide bonds. The molecule has 1 N–H and O–H groups in total. The van der Waals surface area contributed by atoms with Crippen LogP contribution in [0.15, 0.2) is 30.4 Å². The van der Waals surface area contributed by atoms with Crippen molar-refractivity contribution in [3.8, 4) is 5.75 Å². The van der Waals surface area contributed by atoms with Crippen molar-refractivity contribution in [1.29, 1.82) is 0 Å². The second kappa shape index (κ2) is 4.58. The largest absolute Gasteiger partial charge is 0.508 e. The van der Waals surface area contributed by atoms with Gasteiger partial charge in [-0.3, -0.25) is 4.79 Å². The van der Waals surface area contributed by atoms with E-state index in [-0.39, 0.29) is 11.7 Å². The van der Waals surface area contributed by atoms with E-state index in [0.717, 1.165) is 6.42 Å². The number of carbonyl (C=O) groups is 1. The monoisotopic (exact) mass is 237 g/mol. The quantitative estimate of drug-likeness (QED) is 0.763. The molecule has 1 aliphatic rings. The molecule has 1 aromatic rings. The first-order chi connectivity index (χ1) is 7.68. The predicted molar refractivity (Wildman–Crippen MR) is 62.8 cm³/mol. The van der Waals surface area contributed by atoms with Gasteiger partial charge in [0.25, 0.3) is 5.91 Å². The third-order valence-corrected chi connectivity index (χ3v) is 2.86. The molecule has 1 heterocycles. The van der Waals surface area contributed by atoms with Crippen molar-refractivity contribution in [3.05, 3.63) is 40.9 Å². The van der Waals surface area contributed by atoms with Gasteiger partial charge in [0.1, 0.15) is 5.75 Å². The van der Waals surface area contributed by atoms with Crippen molar-refractivity contribution >= 4 is 17.5 Å². The predicted octanol–water partition coefficient (Wildman–Crippen LogP) is 2.45. The Hall–Kier alpha value is -1.48. The Labute approximate surface area is 98.9 Å². The smallest absolute Gasteiger partial charge is 0.255 e. The summed E-state index contributed by atoms with van der Waals surface area (Å²) < 4.78 is 0. The van der Waals surface area contributed by atoms with Crippen LogP contribution in [0.25, 0.3) is 0 Å². The number of phenolic OH excluding ortho intramolecular Hbond substituents is 1. The average molecular weight is 238 g/mol. The third kappa shape index (κ3) is 2.19. The number of aromatic hydroxyl groups is 1. The lowest BCUT2D eigenvalue weighted by Crippen LogP contribution is -2.33. The molecule has 1 aliphatic heterocycles. The molecule has 0 unspecified atom stereocenters. The van der Waals surface area contributed by atoms with Crippen LogP contribution in [0.4, 0.5) is 0 Å². The maximum atomic E-state index is 12.1. The molecule has 4 heteroatoms. The molecule has 1 aromatic carbocycles. The van der Waals surface area contributed by atoms with Gasteiger partial charge in [0.15, 0.2) is 0 Å². The fourth-order valence-electron chi connectivity index (χ4n) is 1.67. The SMILES string of the molecule is O=C(c1cc(O)ccc1Cl)N1CC=CCC1. The maximum absolute atomic E-state index is 12.1. The van der Waals surface area contributed by atoms with E-state index in [9.17, 15) is 9.90 Å². The minimum atomic E-state index is -0.134. The van der Waals surface area contributed by atoms with Crippen LogP contribution in [0, 0.1) is 0 Å². The van der Waals surface area contributed by atoms with Crippen LogP contribution in [-0.4, -0.2) is 29.0 Å². The molecule has 0 aromatic heterocycles. The summed E-state index contributed by atoms with van der Waals surface area (Å²) in [7, 11) is 0. The number of halogens is 1. The number of benzene rings is 1. The van der Waals surface area contributed by atoms with E-state index >= 15 is 0 Å². The first-order valence-electron chi connectivity index (χ1n) is 5.11. The molecule has 0 spiro atoms. The lowest BCUT2D eigenvalue weighted by molar-refractivity contribution is 0.0771. The Bertz CT molecular complexity index is 443. The highest BCUT2D eigenvalue weighted by atomic mass is 35.5. The van der Waals surface area contributed by atoms with Crippen molar-refractivity contribution in [2.24, 2.45) is 0 Å². The second-order valence-corrected chi connectivity index (χ2v) is 4.08. The second-order valence-electron chi connectivity index (χ2n) is 3.68. The summed E-state index contributed by atoms with van der Waals surface area (Å²) in [6.45, 7) is 1.30. The van der Waals surface area contributed by atoms with E-state index in [4.69, 9.17) is 11.6 Å². The van der Waals surface area contributed by atoms with Crippen LogP contribution < -0.4 is 0 Å². The van der Waals surface area contributed by atoms with Crippen molar-refractivity contribution in [2.75, 3.05) is 13.1 Å². The number of hydrogen-bond donors (Lipinski definition) is 1. The van der Waals surface area contributed by atoms with E-state index in [1.54, 1.807) is 4.90 Å². The van der Waals surface area contributed by atoms with Crippen LogP contribution >= 0.6 is 11.6 Å². The highest BCUT2D eigenvalue weighted by molar-refractivity contribution is 6.33. The molecule has 0 aliphatic carbocycles. The third-order valence-electron chi connectivity index (χ3n) is 2.53. The fourth-order valence-corrected chi connectivity index (χ4v) is 1.87. The minimum absolute atomic E-state index is 0.0558. The molecule has 16 heavy (non-hydrogen) atoms. The molecule has 0 atom stereocenters. The van der Waals surface area contributed by atoms with Gasteiger partial charge < -0.3 is 10.0 Å². The van der Waals surface area contributed by atoms with Gasteiger partial charge >= 0.3 is 0 Å². The van der Waals surface area contributed by atoms with Crippen molar-refractivity contribution in [1.82, 2.24) is 4.90 Å². The number of phenols is 1. The zero-order chi connectivity index (χ0) is 11.5. The van der Waals surface area contributed by atoms with Gasteiger partial charge in [-0.05, 0) is 24.6 Å². The van der Waals surface area contributed by atoms with E-state index < -0.39 is 0 Å². The Balaban J connectivity index is 2.26. The summed E-state index contributed by atoms with van der Waals surface area (Å²) in [6, 6.07) is 4.40. The normalized spacial score (nSPS) is 15.2. The van der Waals surface area contributed by atoms with Crippen LogP contribution in [0.3, 0.4) is 0 Å². The number of nitrogens with zero attached hydrogens (tertiary/aromatic N) is 1. The zero-order valence-electron chi connectivity index (χ0n) is 8.69. The molecule has 0 saturated carbocycles. The van der Waals surface area contributed by atoms with Gasteiger partial charge in [-0.15, -0.1) is 0 Å². The molecule has 0 fully saturated rings. The first-order valence-corrected chi connectivity index (χ1v) is 5.49. The number of hydrogen-bond acceptors (Lipinski definition) is 2. The van der Waals surface area contributed by atoms with E-state index in [1.807, 2.05) is 12.2 Å².